The van der Waals surface area contributed by atoms with E-state index in [4.69, 9.17) is 10.5 Å². The van der Waals surface area contributed by atoms with Crippen molar-refractivity contribution in [3.8, 4) is 0 Å². The van der Waals surface area contributed by atoms with Gasteiger partial charge < -0.3 is 15.6 Å². The molecule has 0 amide bonds. The van der Waals surface area contributed by atoms with Gasteiger partial charge in [-0.1, -0.05) is 6.92 Å². The Balaban J connectivity index is 2.60. The number of nitrogens with zero attached hydrogens (tertiary/aromatic N) is 1. The summed E-state index contributed by atoms with van der Waals surface area (Å²) in [5, 5.41) is 9.18. The monoisotopic (exact) mass is 244 g/mol. The van der Waals surface area contributed by atoms with Crippen LogP contribution < -0.4 is 5.73 Å². The van der Waals surface area contributed by atoms with Crippen molar-refractivity contribution in [2.45, 2.75) is 44.2 Å². The van der Waals surface area contributed by atoms with Crippen molar-refractivity contribution in [3.63, 3.8) is 0 Å². The predicted molar refractivity (Wildman–Crippen MR) is 65.9 cm³/mol. The summed E-state index contributed by atoms with van der Waals surface area (Å²) >= 11 is 0. The lowest BCUT2D eigenvalue weighted by Gasteiger charge is -2.40. The van der Waals surface area contributed by atoms with Gasteiger partial charge in [-0.15, -0.1) is 0 Å². The number of hydrogen-bond donors (Lipinski definition) is 2. The van der Waals surface area contributed by atoms with E-state index in [0.717, 1.165) is 25.9 Å². The van der Waals surface area contributed by atoms with Gasteiger partial charge in [-0.2, -0.15) is 0 Å². The molecular weight excluding hydrogens is 220 g/mol. The smallest absolute Gasteiger partial charge is 0.323 e. The fourth-order valence-corrected chi connectivity index (χ4v) is 2.59. The molecule has 0 bridgehead atoms. The molecule has 1 rings (SSSR count). The van der Waals surface area contributed by atoms with Crippen LogP contribution in [0.4, 0.5) is 0 Å². The van der Waals surface area contributed by atoms with Crippen LogP contribution in [0, 0.1) is 0 Å². The first-order valence-electron chi connectivity index (χ1n) is 6.28. The van der Waals surface area contributed by atoms with Gasteiger partial charge in [0.25, 0.3) is 0 Å². The maximum atomic E-state index is 11.2. The maximum Gasteiger partial charge on any atom is 0.323 e. The van der Waals surface area contributed by atoms with E-state index in [2.05, 4.69) is 11.8 Å². The summed E-state index contributed by atoms with van der Waals surface area (Å²) in [5.41, 5.74) is 4.92. The second kappa shape index (κ2) is 6.33. The molecule has 0 spiro atoms. The minimum Gasteiger partial charge on any atom is -0.480 e. The Labute approximate surface area is 103 Å². The maximum absolute atomic E-state index is 11.2. The van der Waals surface area contributed by atoms with Gasteiger partial charge in [0.1, 0.15) is 5.54 Å². The Bertz CT molecular complexity index is 260. The lowest BCUT2D eigenvalue weighted by atomic mass is 9.79. The van der Waals surface area contributed by atoms with E-state index in [1.54, 1.807) is 7.11 Å². The summed E-state index contributed by atoms with van der Waals surface area (Å²) in [6.45, 7) is 4.51. The highest BCUT2D eigenvalue weighted by Crippen LogP contribution is 2.29. The van der Waals surface area contributed by atoms with Gasteiger partial charge >= 0.3 is 5.97 Å². The molecule has 2 atom stereocenters. The van der Waals surface area contributed by atoms with Gasteiger partial charge in [0.15, 0.2) is 0 Å². The number of methoxy groups -OCH3 is 1. The fourth-order valence-electron chi connectivity index (χ4n) is 2.59. The van der Waals surface area contributed by atoms with E-state index in [-0.39, 0.29) is 6.04 Å². The lowest BCUT2D eigenvalue weighted by molar-refractivity contribution is -0.145. The standard InChI is InChI=1S/C12H24N2O3/c1-3-14(7-8-17-2)10-5-4-6-12(13,9-10)11(15)16/h10H,3-9,13H2,1-2H3,(H,15,16). The van der Waals surface area contributed by atoms with Crippen molar-refractivity contribution >= 4 is 5.97 Å². The Kier molecular flexibility index (Phi) is 5.36. The van der Waals surface area contributed by atoms with Gasteiger partial charge in [-0.25, -0.2) is 0 Å². The van der Waals surface area contributed by atoms with Crippen molar-refractivity contribution < 1.29 is 14.6 Å². The lowest BCUT2D eigenvalue weighted by Crippen LogP contribution is -2.56. The minimum atomic E-state index is -1.04. The number of carboxylic acid groups (broad SMARTS) is 1. The van der Waals surface area contributed by atoms with Crippen LogP contribution in [0.3, 0.4) is 0 Å². The van der Waals surface area contributed by atoms with Crippen LogP contribution >= 0.6 is 0 Å². The normalized spacial score (nSPS) is 29.5. The van der Waals surface area contributed by atoms with Crippen molar-refractivity contribution in [1.29, 1.82) is 0 Å². The molecule has 1 saturated carbocycles. The number of carboxylic acids is 1. The van der Waals surface area contributed by atoms with E-state index >= 15 is 0 Å². The van der Waals surface area contributed by atoms with Crippen LogP contribution in [0.1, 0.15) is 32.6 Å². The SMILES string of the molecule is CCN(CCOC)C1CCCC(N)(C(=O)O)C1. The molecule has 0 radical (unpaired) electrons. The van der Waals surface area contributed by atoms with Gasteiger partial charge in [0.05, 0.1) is 6.61 Å². The first-order chi connectivity index (χ1) is 8.03. The molecule has 0 aromatic carbocycles. The molecule has 100 valence electrons. The molecule has 0 aromatic heterocycles. The Morgan fingerprint density at radius 3 is 2.88 bits per heavy atom. The Hall–Kier alpha value is -0.650. The largest absolute Gasteiger partial charge is 0.480 e. The molecule has 17 heavy (non-hydrogen) atoms. The van der Waals surface area contributed by atoms with Crippen molar-refractivity contribution in [3.05, 3.63) is 0 Å². The molecule has 0 aromatic rings. The topological polar surface area (TPSA) is 75.8 Å². The molecule has 1 aliphatic rings. The van der Waals surface area contributed by atoms with Crippen LogP contribution in [0.15, 0.2) is 0 Å². The third-order valence-electron chi connectivity index (χ3n) is 3.69. The van der Waals surface area contributed by atoms with E-state index < -0.39 is 11.5 Å². The molecule has 0 heterocycles. The molecule has 3 N–H and O–H groups in total. The van der Waals surface area contributed by atoms with Crippen LogP contribution in [0.25, 0.3) is 0 Å². The van der Waals surface area contributed by atoms with E-state index in [1.807, 2.05) is 0 Å². The molecule has 0 saturated heterocycles. The van der Waals surface area contributed by atoms with E-state index in [0.29, 0.717) is 19.4 Å². The summed E-state index contributed by atoms with van der Waals surface area (Å²) in [4.78, 5) is 13.4. The average molecular weight is 244 g/mol. The molecule has 5 nitrogen and oxygen atoms in total. The highest BCUT2D eigenvalue weighted by atomic mass is 16.5. The van der Waals surface area contributed by atoms with Crippen molar-refractivity contribution in [2.24, 2.45) is 5.73 Å². The number of nitrogens with two attached hydrogens (primary N) is 1. The molecule has 5 heteroatoms. The van der Waals surface area contributed by atoms with Crippen molar-refractivity contribution in [1.82, 2.24) is 4.90 Å². The zero-order valence-corrected chi connectivity index (χ0v) is 10.8. The van der Waals surface area contributed by atoms with Gasteiger partial charge in [0.2, 0.25) is 0 Å². The molecule has 2 unspecified atom stereocenters. The molecular formula is C12H24N2O3. The Morgan fingerprint density at radius 1 is 1.65 bits per heavy atom. The zero-order chi connectivity index (χ0) is 12.9. The first-order valence-corrected chi connectivity index (χ1v) is 6.28. The number of hydrogen-bond acceptors (Lipinski definition) is 4. The number of carbonyl (C=O) groups is 1. The summed E-state index contributed by atoms with van der Waals surface area (Å²) in [6, 6.07) is 0.269. The van der Waals surface area contributed by atoms with Gasteiger partial charge in [-0.05, 0) is 32.2 Å². The van der Waals surface area contributed by atoms with E-state index in [1.165, 1.54) is 0 Å². The highest BCUT2D eigenvalue weighted by Gasteiger charge is 2.40. The Morgan fingerprint density at radius 2 is 2.35 bits per heavy atom. The number of aliphatic carboxylic acids is 1. The zero-order valence-electron chi connectivity index (χ0n) is 10.8. The third kappa shape index (κ3) is 3.66. The van der Waals surface area contributed by atoms with Gasteiger partial charge in [0, 0.05) is 19.7 Å². The second-order valence-electron chi connectivity index (χ2n) is 4.83. The molecule has 1 aliphatic carbocycles. The van der Waals surface area contributed by atoms with Crippen LogP contribution in [-0.4, -0.2) is 54.4 Å². The number of likely N-dealkylation sites (N-methyl/N-ethyl adjacent to an activating group) is 1. The average Bonchev–Trinajstić information content (AvgIpc) is 2.30. The highest BCUT2D eigenvalue weighted by molar-refractivity contribution is 5.78. The quantitative estimate of drug-likeness (QED) is 0.718. The summed E-state index contributed by atoms with van der Waals surface area (Å²) in [7, 11) is 1.68. The summed E-state index contributed by atoms with van der Waals surface area (Å²) in [6.07, 6.45) is 3.04. The first kappa shape index (κ1) is 14.4. The third-order valence-corrected chi connectivity index (χ3v) is 3.69. The van der Waals surface area contributed by atoms with Crippen molar-refractivity contribution in [2.75, 3.05) is 26.8 Å². The fraction of sp³-hybridized carbons (Fsp3) is 0.917. The molecule has 0 aliphatic heterocycles. The van der Waals surface area contributed by atoms with Gasteiger partial charge in [-0.3, -0.25) is 9.69 Å². The second-order valence-corrected chi connectivity index (χ2v) is 4.83. The number of ether oxygens (including phenoxy) is 1. The minimum absolute atomic E-state index is 0.269. The molecule has 1 fully saturated rings. The number of rotatable bonds is 6. The summed E-state index contributed by atoms with van der Waals surface area (Å²) < 4.78 is 5.08. The van der Waals surface area contributed by atoms with E-state index in [9.17, 15) is 9.90 Å². The van der Waals surface area contributed by atoms with Crippen LogP contribution in [0.2, 0.25) is 0 Å². The predicted octanol–water partition coefficient (Wildman–Crippen LogP) is 0.679. The summed E-state index contributed by atoms with van der Waals surface area (Å²) in [5.74, 6) is -0.870. The van der Waals surface area contributed by atoms with Crippen LogP contribution in [-0.2, 0) is 9.53 Å². The van der Waals surface area contributed by atoms with Crippen LogP contribution in [0.5, 0.6) is 0 Å².